The maximum atomic E-state index is 11.7. The van der Waals surface area contributed by atoms with E-state index in [1.54, 1.807) is 7.05 Å². The summed E-state index contributed by atoms with van der Waals surface area (Å²) in [5, 5.41) is 6.67. The van der Waals surface area contributed by atoms with Crippen LogP contribution in [0.25, 0.3) is 0 Å². The van der Waals surface area contributed by atoms with Crippen LogP contribution >= 0.6 is 24.0 Å². The van der Waals surface area contributed by atoms with Crippen LogP contribution < -0.4 is 10.6 Å². The lowest BCUT2D eigenvalue weighted by Gasteiger charge is -2.17. The molecule has 1 saturated heterocycles. The molecular formula is C18H29IN4O. The number of benzene rings is 1. The molecule has 5 nitrogen and oxygen atoms in total. The zero-order chi connectivity index (χ0) is 16.7. The minimum absolute atomic E-state index is 0. The van der Waals surface area contributed by atoms with Gasteiger partial charge in [-0.3, -0.25) is 9.79 Å². The van der Waals surface area contributed by atoms with E-state index in [0.29, 0.717) is 12.5 Å². The van der Waals surface area contributed by atoms with Crippen molar-refractivity contribution in [1.82, 2.24) is 15.5 Å². The van der Waals surface area contributed by atoms with E-state index < -0.39 is 0 Å². The maximum absolute atomic E-state index is 11.7. The highest BCUT2D eigenvalue weighted by Crippen LogP contribution is 2.14. The molecule has 1 heterocycles. The highest BCUT2D eigenvalue weighted by atomic mass is 127. The molecule has 0 aromatic heterocycles. The Morgan fingerprint density at radius 1 is 1.29 bits per heavy atom. The molecule has 2 rings (SSSR count). The summed E-state index contributed by atoms with van der Waals surface area (Å²) in [5.41, 5.74) is 2.39. The molecule has 1 fully saturated rings. The number of guanidine groups is 1. The predicted octanol–water partition coefficient (Wildman–Crippen LogP) is 2.89. The quantitative estimate of drug-likeness (QED) is 0.403. The van der Waals surface area contributed by atoms with E-state index in [1.807, 2.05) is 4.90 Å². The number of hydrogen-bond donors (Lipinski definition) is 2. The number of carbonyl (C=O) groups excluding carboxylic acids is 1. The molecule has 0 aliphatic carbocycles. The van der Waals surface area contributed by atoms with Gasteiger partial charge in [0, 0.05) is 39.1 Å². The average molecular weight is 444 g/mol. The van der Waals surface area contributed by atoms with Gasteiger partial charge in [0.2, 0.25) is 5.91 Å². The Hall–Kier alpha value is -1.31. The van der Waals surface area contributed by atoms with Crippen molar-refractivity contribution in [3.8, 4) is 0 Å². The van der Waals surface area contributed by atoms with E-state index in [4.69, 9.17) is 0 Å². The summed E-state index contributed by atoms with van der Waals surface area (Å²) in [6.45, 7) is 6.64. The van der Waals surface area contributed by atoms with Crippen molar-refractivity contribution in [1.29, 1.82) is 0 Å². The van der Waals surface area contributed by atoms with Crippen molar-refractivity contribution in [2.45, 2.75) is 52.2 Å². The SMILES string of the molecule is CCC(C)NC(=NC)NCc1ccc(CN2CCCC2=O)cc1.I. The first-order valence-corrected chi connectivity index (χ1v) is 8.45. The first-order chi connectivity index (χ1) is 11.1. The Kier molecular flexibility index (Phi) is 9.10. The van der Waals surface area contributed by atoms with Gasteiger partial charge in [-0.25, -0.2) is 0 Å². The summed E-state index contributed by atoms with van der Waals surface area (Å²) in [5.74, 6) is 1.10. The Bertz CT molecular complexity index is 544. The van der Waals surface area contributed by atoms with E-state index in [9.17, 15) is 4.79 Å². The molecule has 1 amide bonds. The minimum Gasteiger partial charge on any atom is -0.354 e. The van der Waals surface area contributed by atoms with Crippen LogP contribution in [-0.2, 0) is 17.9 Å². The molecule has 0 spiro atoms. The van der Waals surface area contributed by atoms with Crippen molar-refractivity contribution in [2.75, 3.05) is 13.6 Å². The molecule has 1 unspecified atom stereocenters. The highest BCUT2D eigenvalue weighted by molar-refractivity contribution is 14.0. The Balaban J connectivity index is 0.00000288. The summed E-state index contributed by atoms with van der Waals surface area (Å²) in [4.78, 5) is 17.8. The van der Waals surface area contributed by atoms with Crippen LogP contribution in [0.4, 0.5) is 0 Å². The molecular weight excluding hydrogens is 415 g/mol. The van der Waals surface area contributed by atoms with Crippen molar-refractivity contribution in [3.63, 3.8) is 0 Å². The van der Waals surface area contributed by atoms with Gasteiger partial charge < -0.3 is 15.5 Å². The Morgan fingerprint density at radius 3 is 2.50 bits per heavy atom. The third-order valence-corrected chi connectivity index (χ3v) is 4.25. The number of amides is 1. The molecule has 0 bridgehead atoms. The molecule has 1 aliphatic rings. The lowest BCUT2D eigenvalue weighted by Crippen LogP contribution is -2.41. The van der Waals surface area contributed by atoms with Crippen LogP contribution in [0.15, 0.2) is 29.3 Å². The summed E-state index contributed by atoms with van der Waals surface area (Å²) < 4.78 is 0. The van der Waals surface area contributed by atoms with Crippen LogP contribution in [0.2, 0.25) is 0 Å². The predicted molar refractivity (Wildman–Crippen MR) is 110 cm³/mol. The van der Waals surface area contributed by atoms with E-state index >= 15 is 0 Å². The topological polar surface area (TPSA) is 56.7 Å². The van der Waals surface area contributed by atoms with Crippen molar-refractivity contribution in [3.05, 3.63) is 35.4 Å². The normalized spacial score (nSPS) is 15.9. The largest absolute Gasteiger partial charge is 0.354 e. The van der Waals surface area contributed by atoms with E-state index in [-0.39, 0.29) is 29.9 Å². The zero-order valence-corrected chi connectivity index (χ0v) is 17.2. The first kappa shape index (κ1) is 20.7. The summed E-state index contributed by atoms with van der Waals surface area (Å²) in [6, 6.07) is 8.83. The molecule has 1 aliphatic heterocycles. The first-order valence-electron chi connectivity index (χ1n) is 8.45. The second-order valence-corrected chi connectivity index (χ2v) is 6.11. The van der Waals surface area contributed by atoms with E-state index in [1.165, 1.54) is 11.1 Å². The van der Waals surface area contributed by atoms with E-state index in [0.717, 1.165) is 38.4 Å². The van der Waals surface area contributed by atoms with E-state index in [2.05, 4.69) is 53.7 Å². The van der Waals surface area contributed by atoms with Crippen LogP contribution in [-0.4, -0.2) is 36.4 Å². The van der Waals surface area contributed by atoms with Gasteiger partial charge in [-0.05, 0) is 30.9 Å². The second kappa shape index (κ2) is 10.5. The van der Waals surface area contributed by atoms with Gasteiger partial charge >= 0.3 is 0 Å². The summed E-state index contributed by atoms with van der Waals surface area (Å²) in [6.07, 6.45) is 2.75. The molecule has 1 aromatic rings. The number of nitrogens with zero attached hydrogens (tertiary/aromatic N) is 2. The van der Waals surface area contributed by atoms with Gasteiger partial charge in [0.1, 0.15) is 0 Å². The van der Waals surface area contributed by atoms with Gasteiger partial charge in [0.25, 0.3) is 0 Å². The second-order valence-electron chi connectivity index (χ2n) is 6.11. The van der Waals surface area contributed by atoms with Gasteiger partial charge in [0.05, 0.1) is 0 Å². The summed E-state index contributed by atoms with van der Waals surface area (Å²) in [7, 11) is 1.79. The molecule has 134 valence electrons. The van der Waals surface area contributed by atoms with Gasteiger partial charge in [0.15, 0.2) is 5.96 Å². The number of rotatable bonds is 6. The molecule has 24 heavy (non-hydrogen) atoms. The van der Waals surface area contributed by atoms with Crippen molar-refractivity contribution < 1.29 is 4.79 Å². The smallest absolute Gasteiger partial charge is 0.222 e. The molecule has 6 heteroatoms. The fraction of sp³-hybridized carbons (Fsp3) is 0.556. The van der Waals surface area contributed by atoms with Crippen LogP contribution in [0.5, 0.6) is 0 Å². The molecule has 1 atom stereocenters. The Morgan fingerprint density at radius 2 is 1.96 bits per heavy atom. The summed E-state index contributed by atoms with van der Waals surface area (Å²) >= 11 is 0. The van der Waals surface area contributed by atoms with Crippen LogP contribution in [0.1, 0.15) is 44.2 Å². The minimum atomic E-state index is 0. The maximum Gasteiger partial charge on any atom is 0.222 e. The molecule has 2 N–H and O–H groups in total. The highest BCUT2D eigenvalue weighted by Gasteiger charge is 2.19. The number of aliphatic imine (C=N–C) groups is 1. The molecule has 1 aromatic carbocycles. The van der Waals surface area contributed by atoms with Gasteiger partial charge in [-0.1, -0.05) is 31.2 Å². The molecule has 0 radical (unpaired) electrons. The van der Waals surface area contributed by atoms with Gasteiger partial charge in [-0.2, -0.15) is 0 Å². The number of carbonyl (C=O) groups is 1. The number of likely N-dealkylation sites (tertiary alicyclic amines) is 1. The number of nitrogens with one attached hydrogen (secondary N) is 2. The van der Waals surface area contributed by atoms with Crippen molar-refractivity contribution in [2.24, 2.45) is 4.99 Å². The third-order valence-electron chi connectivity index (χ3n) is 4.25. The molecule has 0 saturated carbocycles. The van der Waals surface area contributed by atoms with Crippen LogP contribution in [0, 0.1) is 0 Å². The number of hydrogen-bond acceptors (Lipinski definition) is 2. The fourth-order valence-corrected chi connectivity index (χ4v) is 2.57. The van der Waals surface area contributed by atoms with Gasteiger partial charge in [-0.15, -0.1) is 24.0 Å². The lowest BCUT2D eigenvalue weighted by molar-refractivity contribution is -0.128. The Labute approximate surface area is 162 Å². The lowest BCUT2D eigenvalue weighted by atomic mass is 10.1. The standard InChI is InChI=1S/C18H28N4O.HI/c1-4-14(2)21-18(19-3)20-12-15-7-9-16(10-8-15)13-22-11-5-6-17(22)23;/h7-10,14H,4-6,11-13H2,1-3H3,(H2,19,20,21);1H. The fourth-order valence-electron chi connectivity index (χ4n) is 2.57. The van der Waals surface area contributed by atoms with Crippen LogP contribution in [0.3, 0.4) is 0 Å². The van der Waals surface area contributed by atoms with Crippen molar-refractivity contribution >= 4 is 35.8 Å². The number of halogens is 1. The monoisotopic (exact) mass is 444 g/mol. The zero-order valence-electron chi connectivity index (χ0n) is 14.8. The average Bonchev–Trinajstić information content (AvgIpc) is 2.97. The third kappa shape index (κ3) is 6.30.